The third kappa shape index (κ3) is 3.80. The highest BCUT2D eigenvalue weighted by Gasteiger charge is 2.15. The molecule has 3 nitrogen and oxygen atoms in total. The second-order valence-corrected chi connectivity index (χ2v) is 5.34. The van der Waals surface area contributed by atoms with Crippen molar-refractivity contribution in [3.05, 3.63) is 34.9 Å². The largest absolute Gasteiger partial charge is 0.340 e. The van der Waals surface area contributed by atoms with Crippen molar-refractivity contribution < 1.29 is 4.79 Å². The minimum absolute atomic E-state index is 0.312. The molecule has 0 spiro atoms. The van der Waals surface area contributed by atoms with Crippen LogP contribution in [-0.4, -0.2) is 37.0 Å². The predicted molar refractivity (Wildman–Crippen MR) is 78.3 cm³/mol. The summed E-state index contributed by atoms with van der Waals surface area (Å²) in [5.74, 6) is 0.312. The molecule has 0 aliphatic carbocycles. The van der Waals surface area contributed by atoms with Crippen LogP contribution in [0.4, 0.5) is 0 Å². The first-order valence-electron chi connectivity index (χ1n) is 7.22. The van der Waals surface area contributed by atoms with E-state index in [0.29, 0.717) is 12.3 Å². The molecule has 0 atom stereocenters. The molecule has 0 saturated carbocycles. The molecule has 104 valence electrons. The number of carbonyl (C=O) groups excluding carboxylic acids is 1. The molecule has 1 amide bonds. The highest BCUT2D eigenvalue weighted by atomic mass is 16.2. The molecule has 1 aliphatic heterocycles. The number of benzene rings is 1. The molecule has 1 saturated heterocycles. The summed E-state index contributed by atoms with van der Waals surface area (Å²) in [7, 11) is 0. The summed E-state index contributed by atoms with van der Waals surface area (Å²) in [5, 5.41) is 3.27. The Bertz CT molecular complexity index is 436. The van der Waals surface area contributed by atoms with E-state index in [2.05, 4.69) is 37.4 Å². The van der Waals surface area contributed by atoms with Crippen molar-refractivity contribution in [2.24, 2.45) is 0 Å². The molecule has 3 heteroatoms. The van der Waals surface area contributed by atoms with E-state index >= 15 is 0 Å². The molecule has 1 aromatic rings. The van der Waals surface area contributed by atoms with Crippen molar-refractivity contribution in [3.63, 3.8) is 0 Å². The lowest BCUT2D eigenvalue weighted by atomic mass is 9.99. The number of carbonyl (C=O) groups is 1. The van der Waals surface area contributed by atoms with Gasteiger partial charge in [0.05, 0.1) is 0 Å². The number of amides is 1. The van der Waals surface area contributed by atoms with Gasteiger partial charge in [0, 0.05) is 32.6 Å². The van der Waals surface area contributed by atoms with Crippen molar-refractivity contribution in [1.29, 1.82) is 0 Å². The monoisotopic (exact) mass is 260 g/mol. The third-order valence-corrected chi connectivity index (χ3v) is 4.02. The van der Waals surface area contributed by atoms with Gasteiger partial charge >= 0.3 is 0 Å². The minimum atomic E-state index is 0.312. The molecule has 0 radical (unpaired) electrons. The van der Waals surface area contributed by atoms with Crippen LogP contribution in [0.1, 0.15) is 29.5 Å². The fourth-order valence-corrected chi connectivity index (χ4v) is 2.59. The van der Waals surface area contributed by atoms with Gasteiger partial charge in [-0.05, 0) is 43.4 Å². The van der Waals surface area contributed by atoms with Crippen LogP contribution >= 0.6 is 0 Å². The number of hydrogen-bond acceptors (Lipinski definition) is 2. The third-order valence-electron chi connectivity index (χ3n) is 4.02. The Labute approximate surface area is 116 Å². The predicted octanol–water partition coefficient (Wildman–Crippen LogP) is 2.06. The number of nitrogens with one attached hydrogen (secondary N) is 1. The molecule has 2 rings (SSSR count). The Kier molecular flexibility index (Phi) is 4.97. The van der Waals surface area contributed by atoms with Crippen molar-refractivity contribution >= 4 is 5.91 Å². The van der Waals surface area contributed by atoms with E-state index < -0.39 is 0 Å². The summed E-state index contributed by atoms with van der Waals surface area (Å²) in [6, 6.07) is 6.43. The summed E-state index contributed by atoms with van der Waals surface area (Å²) >= 11 is 0. The lowest BCUT2D eigenvalue weighted by Gasteiger charge is -2.27. The average Bonchev–Trinajstić information content (AvgIpc) is 2.44. The number of aryl methyl sites for hydroxylation is 2. The second kappa shape index (κ2) is 6.71. The van der Waals surface area contributed by atoms with E-state index in [0.717, 1.165) is 39.0 Å². The molecule has 1 N–H and O–H groups in total. The van der Waals surface area contributed by atoms with Gasteiger partial charge in [-0.2, -0.15) is 0 Å². The van der Waals surface area contributed by atoms with Crippen LogP contribution in [0.15, 0.2) is 18.2 Å². The van der Waals surface area contributed by atoms with Gasteiger partial charge in [0.1, 0.15) is 0 Å². The van der Waals surface area contributed by atoms with Crippen LogP contribution in [0.5, 0.6) is 0 Å². The van der Waals surface area contributed by atoms with Crippen LogP contribution in [0.2, 0.25) is 0 Å². The molecule has 19 heavy (non-hydrogen) atoms. The zero-order chi connectivity index (χ0) is 13.7. The maximum absolute atomic E-state index is 12.0. The first kappa shape index (κ1) is 14.1. The number of piperazine rings is 1. The fraction of sp³-hybridized carbons (Fsp3) is 0.562. The van der Waals surface area contributed by atoms with Gasteiger partial charge in [0.15, 0.2) is 0 Å². The zero-order valence-corrected chi connectivity index (χ0v) is 12.0. The molecular formula is C16H24N2O. The Morgan fingerprint density at radius 2 is 2.00 bits per heavy atom. The van der Waals surface area contributed by atoms with E-state index in [1.807, 2.05) is 4.90 Å². The van der Waals surface area contributed by atoms with Crippen molar-refractivity contribution in [1.82, 2.24) is 10.2 Å². The minimum Gasteiger partial charge on any atom is -0.340 e. The first-order valence-corrected chi connectivity index (χ1v) is 7.22. The van der Waals surface area contributed by atoms with Gasteiger partial charge in [0.25, 0.3) is 0 Å². The van der Waals surface area contributed by atoms with Gasteiger partial charge in [0.2, 0.25) is 5.91 Å². The molecule has 1 aromatic carbocycles. The maximum Gasteiger partial charge on any atom is 0.222 e. The summed E-state index contributed by atoms with van der Waals surface area (Å²) in [6.07, 6.45) is 2.63. The van der Waals surface area contributed by atoms with Crippen LogP contribution < -0.4 is 5.32 Å². The normalized spacial score (nSPS) is 15.6. The van der Waals surface area contributed by atoms with Crippen LogP contribution in [0, 0.1) is 13.8 Å². The zero-order valence-electron chi connectivity index (χ0n) is 12.0. The fourth-order valence-electron chi connectivity index (χ4n) is 2.59. The van der Waals surface area contributed by atoms with Crippen LogP contribution in [0.3, 0.4) is 0 Å². The van der Waals surface area contributed by atoms with Crippen molar-refractivity contribution in [3.8, 4) is 0 Å². The number of nitrogens with zero attached hydrogens (tertiary/aromatic N) is 1. The lowest BCUT2D eigenvalue weighted by molar-refractivity contribution is -0.131. The van der Waals surface area contributed by atoms with Crippen LogP contribution in [0.25, 0.3) is 0 Å². The standard InChI is InChI=1S/C16H24N2O/c1-13-5-3-6-15(14(13)2)7-4-8-16(19)18-11-9-17-10-12-18/h3,5-6,17H,4,7-12H2,1-2H3. The highest BCUT2D eigenvalue weighted by molar-refractivity contribution is 5.76. The molecular weight excluding hydrogens is 236 g/mol. The molecule has 0 unspecified atom stereocenters. The van der Waals surface area contributed by atoms with Gasteiger partial charge in [-0.25, -0.2) is 0 Å². The summed E-state index contributed by atoms with van der Waals surface area (Å²) in [4.78, 5) is 14.0. The van der Waals surface area contributed by atoms with E-state index in [4.69, 9.17) is 0 Å². The molecule has 1 fully saturated rings. The Morgan fingerprint density at radius 1 is 1.26 bits per heavy atom. The van der Waals surface area contributed by atoms with Gasteiger partial charge in [-0.15, -0.1) is 0 Å². The molecule has 1 heterocycles. The number of hydrogen-bond donors (Lipinski definition) is 1. The SMILES string of the molecule is Cc1cccc(CCCC(=O)N2CCNCC2)c1C. The van der Waals surface area contributed by atoms with E-state index in [1.165, 1.54) is 16.7 Å². The Hall–Kier alpha value is -1.35. The first-order chi connectivity index (χ1) is 9.18. The van der Waals surface area contributed by atoms with Gasteiger partial charge in [-0.3, -0.25) is 4.79 Å². The summed E-state index contributed by atoms with van der Waals surface area (Å²) in [5.41, 5.74) is 4.09. The van der Waals surface area contributed by atoms with E-state index in [-0.39, 0.29) is 0 Å². The summed E-state index contributed by atoms with van der Waals surface area (Å²) < 4.78 is 0. The molecule has 0 aromatic heterocycles. The van der Waals surface area contributed by atoms with Gasteiger partial charge in [-0.1, -0.05) is 18.2 Å². The number of rotatable bonds is 4. The van der Waals surface area contributed by atoms with Crippen molar-refractivity contribution in [2.45, 2.75) is 33.1 Å². The molecule has 0 bridgehead atoms. The highest BCUT2D eigenvalue weighted by Crippen LogP contribution is 2.15. The van der Waals surface area contributed by atoms with E-state index in [1.54, 1.807) is 0 Å². The lowest BCUT2D eigenvalue weighted by Crippen LogP contribution is -2.46. The van der Waals surface area contributed by atoms with Gasteiger partial charge < -0.3 is 10.2 Å². The Morgan fingerprint density at radius 3 is 2.74 bits per heavy atom. The smallest absolute Gasteiger partial charge is 0.222 e. The maximum atomic E-state index is 12.0. The topological polar surface area (TPSA) is 32.3 Å². The van der Waals surface area contributed by atoms with E-state index in [9.17, 15) is 4.79 Å². The average molecular weight is 260 g/mol. The summed E-state index contributed by atoms with van der Waals surface area (Å²) in [6.45, 7) is 7.91. The quantitative estimate of drug-likeness (QED) is 0.898. The second-order valence-electron chi connectivity index (χ2n) is 5.34. The van der Waals surface area contributed by atoms with Crippen LogP contribution in [-0.2, 0) is 11.2 Å². The van der Waals surface area contributed by atoms with Crippen molar-refractivity contribution in [2.75, 3.05) is 26.2 Å². The molecule has 1 aliphatic rings. The Balaban J connectivity index is 1.79.